The summed E-state index contributed by atoms with van der Waals surface area (Å²) in [6, 6.07) is 0.866. The fraction of sp³-hybridized carbons (Fsp3) is 1.00. The van der Waals surface area contributed by atoms with Crippen molar-refractivity contribution in [2.45, 2.75) is 73.8 Å². The molecule has 19 heavy (non-hydrogen) atoms. The van der Waals surface area contributed by atoms with Crippen LogP contribution in [-0.4, -0.2) is 37.1 Å². The molecule has 3 heteroatoms. The molecule has 2 rings (SSSR count). The Morgan fingerprint density at radius 1 is 0.842 bits per heavy atom. The zero-order valence-electron chi connectivity index (χ0n) is 13.3. The van der Waals surface area contributed by atoms with Crippen LogP contribution >= 0.6 is 0 Å². The van der Waals surface area contributed by atoms with Crippen LogP contribution in [0, 0.1) is 5.92 Å². The van der Waals surface area contributed by atoms with Crippen LogP contribution in [0.15, 0.2) is 0 Å². The van der Waals surface area contributed by atoms with E-state index in [1.54, 1.807) is 0 Å². The second-order valence-corrected chi connectivity index (χ2v) is 4.62. The fourth-order valence-corrected chi connectivity index (χ4v) is 2.50. The first-order valence-corrected chi connectivity index (χ1v) is 7.73. The molecule has 115 valence electrons. The van der Waals surface area contributed by atoms with E-state index in [0.29, 0.717) is 0 Å². The summed E-state index contributed by atoms with van der Waals surface area (Å²) in [6.45, 7) is 15.3. The molecule has 0 saturated carbocycles. The number of hydrogen-bond acceptors (Lipinski definition) is 1. The largest absolute Gasteiger partial charge is 0.662 e. The third kappa shape index (κ3) is 10.4. The molecule has 0 bridgehead atoms. The maximum absolute atomic E-state index is 4.41. The summed E-state index contributed by atoms with van der Waals surface area (Å²) >= 11 is 0. The molecule has 0 aromatic rings. The molecule has 2 fully saturated rings. The Kier molecular flexibility index (Phi) is 22.5. The van der Waals surface area contributed by atoms with Crippen molar-refractivity contribution < 1.29 is 32.7 Å². The summed E-state index contributed by atoms with van der Waals surface area (Å²) in [5.74, 6) is 0.963. The molecule has 0 atom stereocenters. The first-order valence-electron chi connectivity index (χ1n) is 7.73. The Labute approximate surface area is 148 Å². The predicted molar refractivity (Wildman–Crippen MR) is 85.5 cm³/mol. The van der Waals surface area contributed by atoms with Gasteiger partial charge in [-0.15, -0.1) is 13.1 Å². The second-order valence-electron chi connectivity index (χ2n) is 4.62. The summed E-state index contributed by atoms with van der Waals surface area (Å²) in [5, 5.41) is 4.41. The quantitative estimate of drug-likeness (QED) is 0.657. The van der Waals surface area contributed by atoms with Crippen LogP contribution in [0.2, 0.25) is 0 Å². The van der Waals surface area contributed by atoms with E-state index in [4.69, 9.17) is 0 Å². The van der Waals surface area contributed by atoms with E-state index in [2.05, 4.69) is 17.1 Å². The van der Waals surface area contributed by atoms with Crippen LogP contribution < -0.4 is 0 Å². The minimum atomic E-state index is 0. The van der Waals surface area contributed by atoms with Crippen LogP contribution in [-0.2, 0) is 32.7 Å². The molecule has 0 aromatic carbocycles. The predicted octanol–water partition coefficient (Wildman–Crippen LogP) is 4.94. The van der Waals surface area contributed by atoms with Crippen LogP contribution in [0.1, 0.15) is 67.7 Å². The molecule has 0 aliphatic carbocycles. The second kappa shape index (κ2) is 17.1. The van der Waals surface area contributed by atoms with E-state index in [-0.39, 0.29) is 40.1 Å². The van der Waals surface area contributed by atoms with Crippen molar-refractivity contribution in [1.29, 1.82) is 0 Å². The maximum Gasteiger partial charge on any atom is 0.00625 e. The molecule has 0 N–H and O–H groups in total. The van der Waals surface area contributed by atoms with Crippen LogP contribution in [0.5, 0.6) is 0 Å². The summed E-state index contributed by atoms with van der Waals surface area (Å²) in [6.07, 6.45) is 5.45. The molecule has 0 spiro atoms. The maximum atomic E-state index is 4.41. The normalized spacial score (nSPS) is 20.7. The third-order valence-electron chi connectivity index (χ3n) is 3.58. The number of piperidine rings is 2. The summed E-state index contributed by atoms with van der Waals surface area (Å²) in [4.78, 5) is 2.70. The van der Waals surface area contributed by atoms with Gasteiger partial charge in [0.05, 0.1) is 0 Å². The average Bonchev–Trinajstić information content (AvgIpc) is 2.45. The minimum absolute atomic E-state index is 0. The smallest absolute Gasteiger partial charge is 0.00625 e. The van der Waals surface area contributed by atoms with Crippen molar-refractivity contribution in [3.05, 3.63) is 5.32 Å². The van der Waals surface area contributed by atoms with E-state index in [0.717, 1.165) is 25.0 Å². The van der Waals surface area contributed by atoms with E-state index in [9.17, 15) is 0 Å². The van der Waals surface area contributed by atoms with Gasteiger partial charge in [0.2, 0.25) is 0 Å². The Balaban J connectivity index is -0.000000392. The van der Waals surface area contributed by atoms with Crippen molar-refractivity contribution in [2.24, 2.45) is 5.92 Å². The van der Waals surface area contributed by atoms with Crippen molar-refractivity contribution in [3.8, 4) is 0 Å². The Morgan fingerprint density at radius 3 is 1.68 bits per heavy atom. The van der Waals surface area contributed by atoms with E-state index < -0.39 is 0 Å². The Hall–Kier alpha value is 1.02. The van der Waals surface area contributed by atoms with Crippen LogP contribution in [0.4, 0.5) is 0 Å². The van der Waals surface area contributed by atoms with Gasteiger partial charge in [0, 0.05) is 38.8 Å². The molecule has 2 heterocycles. The summed E-state index contributed by atoms with van der Waals surface area (Å²) < 4.78 is 0. The van der Waals surface area contributed by atoms with Gasteiger partial charge in [0.1, 0.15) is 0 Å². The third-order valence-corrected chi connectivity index (χ3v) is 3.58. The topological polar surface area (TPSA) is 17.3 Å². The SMILES string of the molecule is C.CC.CC.CC1CCN(C2CC[N-]CC2)CC1.[Y]. The first-order chi connectivity index (χ1) is 8.36. The van der Waals surface area contributed by atoms with Gasteiger partial charge in [-0.1, -0.05) is 54.9 Å². The van der Waals surface area contributed by atoms with Gasteiger partial charge in [-0.2, -0.15) is 0 Å². The van der Waals surface area contributed by atoms with Crippen molar-refractivity contribution in [1.82, 2.24) is 4.90 Å². The van der Waals surface area contributed by atoms with E-state index in [1.807, 2.05) is 27.7 Å². The fourth-order valence-electron chi connectivity index (χ4n) is 2.50. The standard InChI is InChI=1S/C11H21N2.2C2H6.CH4.Y/c1-10-4-8-13(9-5-10)11-2-6-12-7-3-11;2*1-2;;/h10-11H,2-9H2,1H3;2*1-2H3;1H4;/q-1;;;;. The number of likely N-dealkylation sites (tertiary alicyclic amines) is 1. The molecular weight excluding hydrogens is 309 g/mol. The number of rotatable bonds is 1. The number of hydrogen-bond donors (Lipinski definition) is 0. The molecule has 2 aliphatic rings. The molecule has 2 aliphatic heterocycles. The van der Waals surface area contributed by atoms with Gasteiger partial charge in [-0.05, 0) is 31.8 Å². The zero-order valence-corrected chi connectivity index (χ0v) is 16.1. The van der Waals surface area contributed by atoms with Gasteiger partial charge in [-0.25, -0.2) is 0 Å². The van der Waals surface area contributed by atoms with Gasteiger partial charge >= 0.3 is 0 Å². The van der Waals surface area contributed by atoms with Crippen LogP contribution in [0.25, 0.3) is 5.32 Å². The van der Waals surface area contributed by atoms with Crippen molar-refractivity contribution in [3.63, 3.8) is 0 Å². The first kappa shape index (κ1) is 25.0. The molecule has 0 amide bonds. The summed E-state index contributed by atoms with van der Waals surface area (Å²) in [7, 11) is 0. The molecule has 1 radical (unpaired) electrons. The van der Waals surface area contributed by atoms with Crippen molar-refractivity contribution in [2.75, 3.05) is 26.2 Å². The van der Waals surface area contributed by atoms with Gasteiger partial charge in [0.25, 0.3) is 0 Å². The molecule has 0 unspecified atom stereocenters. The Morgan fingerprint density at radius 2 is 1.26 bits per heavy atom. The van der Waals surface area contributed by atoms with Gasteiger partial charge in [0.15, 0.2) is 0 Å². The molecule has 2 saturated heterocycles. The Bertz CT molecular complexity index is 151. The van der Waals surface area contributed by atoms with Gasteiger partial charge < -0.3 is 10.2 Å². The van der Waals surface area contributed by atoms with E-state index >= 15 is 0 Å². The van der Waals surface area contributed by atoms with Crippen LogP contribution in [0.3, 0.4) is 0 Å². The zero-order chi connectivity index (χ0) is 13.1. The average molecular weight is 346 g/mol. The number of nitrogens with zero attached hydrogens (tertiary/aromatic N) is 2. The monoisotopic (exact) mass is 346 g/mol. The van der Waals surface area contributed by atoms with E-state index in [1.165, 1.54) is 38.8 Å². The summed E-state index contributed by atoms with van der Waals surface area (Å²) in [5.41, 5.74) is 0. The van der Waals surface area contributed by atoms with Gasteiger partial charge in [-0.3, -0.25) is 0 Å². The van der Waals surface area contributed by atoms with Crippen molar-refractivity contribution >= 4 is 0 Å². The molecule has 0 aromatic heterocycles. The minimum Gasteiger partial charge on any atom is -0.662 e. The molecular formula is C16H37N2Y-. The molecule has 2 nitrogen and oxygen atoms in total.